The third-order valence-corrected chi connectivity index (χ3v) is 3.30. The molecule has 0 bridgehead atoms. The Morgan fingerprint density at radius 1 is 1.41 bits per heavy atom. The first-order chi connectivity index (χ1) is 8.13. The van der Waals surface area contributed by atoms with Crippen LogP contribution in [0, 0.1) is 11.8 Å². The number of hydrogen-bond donors (Lipinski definition) is 1. The molecule has 1 aromatic rings. The van der Waals surface area contributed by atoms with Crippen LogP contribution in [0.3, 0.4) is 0 Å². The van der Waals surface area contributed by atoms with Gasteiger partial charge in [0.15, 0.2) is 0 Å². The maximum Gasteiger partial charge on any atom is 0.0300 e. The molecule has 0 spiro atoms. The summed E-state index contributed by atoms with van der Waals surface area (Å²) in [4.78, 5) is 6.50. The first kappa shape index (κ1) is 14.1. The maximum absolute atomic E-state index is 5.79. The van der Waals surface area contributed by atoms with Crippen molar-refractivity contribution in [1.29, 1.82) is 0 Å². The van der Waals surface area contributed by atoms with Crippen LogP contribution in [0.2, 0.25) is 0 Å². The molecular formula is C14H25N3. The van der Waals surface area contributed by atoms with Crippen molar-refractivity contribution in [3.8, 4) is 0 Å². The minimum atomic E-state index is 0.592. The van der Waals surface area contributed by atoms with Crippen molar-refractivity contribution in [2.75, 3.05) is 26.7 Å². The molecule has 0 aromatic carbocycles. The van der Waals surface area contributed by atoms with Crippen molar-refractivity contribution in [3.63, 3.8) is 0 Å². The second-order valence-electron chi connectivity index (χ2n) is 5.11. The van der Waals surface area contributed by atoms with E-state index >= 15 is 0 Å². The van der Waals surface area contributed by atoms with Gasteiger partial charge in [0.05, 0.1) is 0 Å². The highest BCUT2D eigenvalue weighted by Gasteiger charge is 2.13. The Bertz CT molecular complexity index is 298. The predicted octanol–water partition coefficient (Wildman–Crippen LogP) is 1.79. The quantitative estimate of drug-likeness (QED) is 0.783. The molecule has 1 unspecified atom stereocenters. The summed E-state index contributed by atoms with van der Waals surface area (Å²) in [6.45, 7) is 7.40. The number of aromatic nitrogens is 1. The first-order valence-electron chi connectivity index (χ1n) is 6.41. The molecule has 0 saturated heterocycles. The third-order valence-electron chi connectivity index (χ3n) is 3.30. The van der Waals surface area contributed by atoms with Crippen LogP contribution in [0.5, 0.6) is 0 Å². The van der Waals surface area contributed by atoms with Crippen molar-refractivity contribution in [2.24, 2.45) is 17.6 Å². The van der Waals surface area contributed by atoms with Crippen LogP contribution in [-0.2, 0) is 6.42 Å². The molecule has 0 fully saturated rings. The molecule has 0 aliphatic carbocycles. The molecule has 1 aromatic heterocycles. The van der Waals surface area contributed by atoms with Crippen LogP contribution in [0.1, 0.15) is 19.4 Å². The van der Waals surface area contributed by atoms with Gasteiger partial charge in [-0.05, 0) is 43.5 Å². The Morgan fingerprint density at radius 2 is 2.18 bits per heavy atom. The molecule has 0 aliphatic rings. The lowest BCUT2D eigenvalue weighted by atomic mass is 9.95. The normalized spacial score (nSPS) is 13.3. The van der Waals surface area contributed by atoms with Crippen molar-refractivity contribution in [1.82, 2.24) is 9.88 Å². The number of nitrogens with zero attached hydrogens (tertiary/aromatic N) is 2. The van der Waals surface area contributed by atoms with E-state index in [9.17, 15) is 0 Å². The lowest BCUT2D eigenvalue weighted by Crippen LogP contribution is -2.34. The zero-order valence-electron chi connectivity index (χ0n) is 11.3. The van der Waals surface area contributed by atoms with E-state index in [1.54, 1.807) is 0 Å². The molecule has 0 saturated carbocycles. The highest BCUT2D eigenvalue weighted by molar-refractivity contribution is 5.08. The lowest BCUT2D eigenvalue weighted by Gasteiger charge is -2.25. The molecule has 3 nitrogen and oxygen atoms in total. The summed E-state index contributed by atoms with van der Waals surface area (Å²) < 4.78 is 0. The largest absolute Gasteiger partial charge is 0.330 e. The molecule has 1 atom stereocenters. The van der Waals surface area contributed by atoms with Crippen LogP contribution < -0.4 is 5.73 Å². The van der Waals surface area contributed by atoms with E-state index in [4.69, 9.17) is 5.73 Å². The molecule has 0 amide bonds. The molecule has 2 N–H and O–H groups in total. The van der Waals surface area contributed by atoms with Gasteiger partial charge in [-0.3, -0.25) is 4.98 Å². The summed E-state index contributed by atoms with van der Waals surface area (Å²) in [7, 11) is 2.17. The molecule has 1 heterocycles. The van der Waals surface area contributed by atoms with Crippen LogP contribution in [-0.4, -0.2) is 36.6 Å². The Balaban J connectivity index is 2.32. The Hall–Kier alpha value is -0.930. The summed E-state index contributed by atoms with van der Waals surface area (Å²) in [5.41, 5.74) is 7.09. The van der Waals surface area contributed by atoms with E-state index in [-0.39, 0.29) is 0 Å². The van der Waals surface area contributed by atoms with Gasteiger partial charge in [0.25, 0.3) is 0 Å². The second kappa shape index (κ2) is 7.41. The van der Waals surface area contributed by atoms with Gasteiger partial charge in [-0.15, -0.1) is 0 Å². The lowest BCUT2D eigenvalue weighted by molar-refractivity contribution is 0.242. The number of likely N-dealkylation sites (N-methyl/N-ethyl adjacent to an activating group) is 1. The predicted molar refractivity (Wildman–Crippen MR) is 72.8 cm³/mol. The monoisotopic (exact) mass is 235 g/mol. The zero-order chi connectivity index (χ0) is 12.7. The fourth-order valence-corrected chi connectivity index (χ4v) is 1.92. The summed E-state index contributed by atoms with van der Waals surface area (Å²) in [6, 6.07) is 4.12. The summed E-state index contributed by atoms with van der Waals surface area (Å²) in [5.74, 6) is 1.25. The molecule has 1 rings (SSSR count). The van der Waals surface area contributed by atoms with Crippen molar-refractivity contribution < 1.29 is 0 Å². The smallest absolute Gasteiger partial charge is 0.0300 e. The number of nitrogens with two attached hydrogens (primary N) is 1. The van der Waals surface area contributed by atoms with Gasteiger partial charge in [0.2, 0.25) is 0 Å². The third kappa shape index (κ3) is 5.29. The Labute approximate surface area is 105 Å². The Morgan fingerprint density at radius 3 is 2.71 bits per heavy atom. The van der Waals surface area contributed by atoms with Crippen LogP contribution in [0.25, 0.3) is 0 Å². The van der Waals surface area contributed by atoms with E-state index in [0.29, 0.717) is 11.8 Å². The first-order valence-corrected chi connectivity index (χ1v) is 6.41. The number of pyridine rings is 1. The zero-order valence-corrected chi connectivity index (χ0v) is 11.3. The van der Waals surface area contributed by atoms with Gasteiger partial charge in [-0.25, -0.2) is 0 Å². The summed E-state index contributed by atoms with van der Waals surface area (Å²) >= 11 is 0. The van der Waals surface area contributed by atoms with Gasteiger partial charge in [0, 0.05) is 25.5 Å². The topological polar surface area (TPSA) is 42.1 Å². The van der Waals surface area contributed by atoms with Crippen molar-refractivity contribution in [2.45, 2.75) is 20.3 Å². The van der Waals surface area contributed by atoms with Gasteiger partial charge in [-0.2, -0.15) is 0 Å². The average molecular weight is 235 g/mol. The average Bonchev–Trinajstić information content (AvgIpc) is 2.34. The van der Waals surface area contributed by atoms with Crippen molar-refractivity contribution >= 4 is 0 Å². The standard InChI is InChI=1S/C14H25N3/c1-12(2)14(9-15)11-17(3)8-6-13-5-4-7-16-10-13/h4-5,7,10,12,14H,6,8-9,11,15H2,1-3H3. The molecule has 3 heteroatoms. The molecule has 0 radical (unpaired) electrons. The van der Waals surface area contributed by atoms with E-state index in [0.717, 1.165) is 26.1 Å². The van der Waals surface area contributed by atoms with Gasteiger partial charge in [-0.1, -0.05) is 19.9 Å². The highest BCUT2D eigenvalue weighted by Crippen LogP contribution is 2.10. The number of rotatable bonds is 7. The maximum atomic E-state index is 5.79. The van der Waals surface area contributed by atoms with Crippen LogP contribution in [0.4, 0.5) is 0 Å². The molecule has 17 heavy (non-hydrogen) atoms. The van der Waals surface area contributed by atoms with Crippen LogP contribution >= 0.6 is 0 Å². The Kier molecular flexibility index (Phi) is 6.16. The van der Waals surface area contributed by atoms with E-state index < -0.39 is 0 Å². The fourth-order valence-electron chi connectivity index (χ4n) is 1.92. The fraction of sp³-hybridized carbons (Fsp3) is 0.643. The SMILES string of the molecule is CC(C)C(CN)CN(C)CCc1cccnc1. The number of hydrogen-bond acceptors (Lipinski definition) is 3. The summed E-state index contributed by atoms with van der Waals surface area (Å²) in [6.07, 6.45) is 4.81. The van der Waals surface area contributed by atoms with E-state index in [1.165, 1.54) is 5.56 Å². The molecular weight excluding hydrogens is 210 g/mol. The van der Waals surface area contributed by atoms with E-state index in [1.807, 2.05) is 18.5 Å². The van der Waals surface area contributed by atoms with E-state index in [2.05, 4.69) is 36.8 Å². The minimum Gasteiger partial charge on any atom is -0.330 e. The highest BCUT2D eigenvalue weighted by atomic mass is 15.1. The van der Waals surface area contributed by atoms with Gasteiger partial charge < -0.3 is 10.6 Å². The van der Waals surface area contributed by atoms with Gasteiger partial charge >= 0.3 is 0 Å². The second-order valence-corrected chi connectivity index (χ2v) is 5.11. The minimum absolute atomic E-state index is 0.592. The van der Waals surface area contributed by atoms with Crippen molar-refractivity contribution in [3.05, 3.63) is 30.1 Å². The summed E-state index contributed by atoms with van der Waals surface area (Å²) in [5, 5.41) is 0. The molecule has 0 aliphatic heterocycles. The van der Waals surface area contributed by atoms with Crippen LogP contribution in [0.15, 0.2) is 24.5 Å². The van der Waals surface area contributed by atoms with Gasteiger partial charge in [0.1, 0.15) is 0 Å². The molecule has 96 valence electrons.